The SMILES string of the molecule is Cc1cc(Oc2cc(NN)nc(C(C)(C)C)n2)n[nH]1. The van der Waals surface area contributed by atoms with Crippen LogP contribution in [0, 0.1) is 6.92 Å². The number of hydrogen-bond donors (Lipinski definition) is 3. The van der Waals surface area contributed by atoms with Gasteiger partial charge in [-0.25, -0.2) is 10.8 Å². The Balaban J connectivity index is 2.34. The molecule has 102 valence electrons. The van der Waals surface area contributed by atoms with Gasteiger partial charge in [0.05, 0.1) is 0 Å². The van der Waals surface area contributed by atoms with Gasteiger partial charge in [0, 0.05) is 23.2 Å². The number of hydrazine groups is 1. The average Bonchev–Trinajstić information content (AvgIpc) is 2.73. The fraction of sp³-hybridized carbons (Fsp3) is 0.417. The van der Waals surface area contributed by atoms with Crippen LogP contribution in [0.2, 0.25) is 0 Å². The standard InChI is InChI=1S/C12H18N6O/c1-7-5-10(18-17-7)19-9-6-8(16-13)14-11(15-9)12(2,3)4/h5-6H,13H2,1-4H3,(H,17,18)(H,14,15,16). The summed E-state index contributed by atoms with van der Waals surface area (Å²) < 4.78 is 5.59. The van der Waals surface area contributed by atoms with Crippen molar-refractivity contribution in [3.63, 3.8) is 0 Å². The van der Waals surface area contributed by atoms with Crippen LogP contribution in [-0.2, 0) is 5.41 Å². The molecular weight excluding hydrogens is 244 g/mol. The number of H-pyrrole nitrogens is 1. The van der Waals surface area contributed by atoms with Crippen molar-refractivity contribution in [1.82, 2.24) is 20.2 Å². The molecule has 7 nitrogen and oxygen atoms in total. The first-order valence-corrected chi connectivity index (χ1v) is 5.94. The number of nitrogens with one attached hydrogen (secondary N) is 2. The summed E-state index contributed by atoms with van der Waals surface area (Å²) in [5.41, 5.74) is 3.22. The molecule has 0 radical (unpaired) electrons. The average molecular weight is 262 g/mol. The molecule has 0 aliphatic carbocycles. The van der Waals surface area contributed by atoms with Crippen LogP contribution in [0.1, 0.15) is 32.3 Å². The van der Waals surface area contributed by atoms with E-state index < -0.39 is 0 Å². The molecule has 0 saturated carbocycles. The maximum absolute atomic E-state index is 5.59. The first-order chi connectivity index (χ1) is 8.88. The molecular formula is C12H18N6O. The number of aromatic nitrogens is 4. The second kappa shape index (κ2) is 4.85. The molecule has 7 heteroatoms. The van der Waals surface area contributed by atoms with E-state index in [1.807, 2.05) is 27.7 Å². The topological polar surface area (TPSA) is 102 Å². The summed E-state index contributed by atoms with van der Waals surface area (Å²) in [4.78, 5) is 8.69. The zero-order chi connectivity index (χ0) is 14.0. The molecule has 0 saturated heterocycles. The molecule has 0 aromatic carbocycles. The van der Waals surface area contributed by atoms with Crippen molar-refractivity contribution in [2.24, 2.45) is 5.84 Å². The molecule has 0 bridgehead atoms. The number of rotatable bonds is 3. The molecule has 0 amide bonds. The van der Waals surface area contributed by atoms with Crippen LogP contribution >= 0.6 is 0 Å². The highest BCUT2D eigenvalue weighted by Crippen LogP contribution is 2.25. The number of nitrogen functional groups attached to an aromatic ring is 1. The molecule has 0 spiro atoms. The summed E-state index contributed by atoms with van der Waals surface area (Å²) in [6.07, 6.45) is 0. The smallest absolute Gasteiger partial charge is 0.240 e. The van der Waals surface area contributed by atoms with E-state index in [1.54, 1.807) is 12.1 Å². The number of aromatic amines is 1. The van der Waals surface area contributed by atoms with Gasteiger partial charge in [0.2, 0.25) is 11.8 Å². The largest absolute Gasteiger partial charge is 0.419 e. The van der Waals surface area contributed by atoms with Crippen molar-refractivity contribution in [2.45, 2.75) is 33.1 Å². The Labute approximate surface area is 111 Å². The molecule has 0 aliphatic heterocycles. The van der Waals surface area contributed by atoms with Crippen molar-refractivity contribution >= 4 is 5.82 Å². The lowest BCUT2D eigenvalue weighted by Gasteiger charge is -2.17. The number of nitrogens with two attached hydrogens (primary N) is 1. The van der Waals surface area contributed by atoms with E-state index in [-0.39, 0.29) is 5.41 Å². The van der Waals surface area contributed by atoms with Crippen LogP contribution in [0.25, 0.3) is 0 Å². The molecule has 2 heterocycles. The third kappa shape index (κ3) is 3.19. The maximum atomic E-state index is 5.59. The van der Waals surface area contributed by atoms with Gasteiger partial charge in [0.1, 0.15) is 11.6 Å². The van der Waals surface area contributed by atoms with E-state index in [1.165, 1.54) is 0 Å². The quantitative estimate of drug-likeness (QED) is 0.576. The number of nitrogens with zero attached hydrogens (tertiary/aromatic N) is 3. The van der Waals surface area contributed by atoms with Crippen LogP contribution in [0.15, 0.2) is 12.1 Å². The lowest BCUT2D eigenvalue weighted by molar-refractivity contribution is 0.430. The van der Waals surface area contributed by atoms with E-state index in [4.69, 9.17) is 10.6 Å². The van der Waals surface area contributed by atoms with Crippen molar-refractivity contribution in [1.29, 1.82) is 0 Å². The van der Waals surface area contributed by atoms with E-state index in [0.29, 0.717) is 23.4 Å². The van der Waals surface area contributed by atoms with Gasteiger partial charge in [-0.3, -0.25) is 5.10 Å². The Morgan fingerprint density at radius 2 is 1.95 bits per heavy atom. The fourth-order valence-electron chi connectivity index (χ4n) is 1.44. The van der Waals surface area contributed by atoms with E-state index >= 15 is 0 Å². The van der Waals surface area contributed by atoms with Crippen LogP contribution in [0.5, 0.6) is 11.8 Å². The number of ether oxygens (including phenoxy) is 1. The monoisotopic (exact) mass is 262 g/mol. The van der Waals surface area contributed by atoms with Crippen molar-refractivity contribution in [2.75, 3.05) is 5.43 Å². The van der Waals surface area contributed by atoms with E-state index in [9.17, 15) is 0 Å². The summed E-state index contributed by atoms with van der Waals surface area (Å²) in [6.45, 7) is 7.95. The number of aryl methyl sites for hydroxylation is 1. The minimum absolute atomic E-state index is 0.202. The molecule has 0 unspecified atom stereocenters. The van der Waals surface area contributed by atoms with E-state index in [2.05, 4.69) is 25.6 Å². The molecule has 4 N–H and O–H groups in total. The minimum Gasteiger partial charge on any atom is -0.419 e. The third-order valence-electron chi connectivity index (χ3n) is 2.41. The lowest BCUT2D eigenvalue weighted by atomic mass is 9.96. The number of hydrogen-bond acceptors (Lipinski definition) is 6. The highest BCUT2D eigenvalue weighted by molar-refractivity contribution is 5.39. The Morgan fingerprint density at radius 1 is 1.21 bits per heavy atom. The molecule has 0 fully saturated rings. The van der Waals surface area contributed by atoms with Gasteiger partial charge < -0.3 is 10.2 Å². The Bertz CT molecular complexity index is 572. The normalized spacial score (nSPS) is 11.4. The van der Waals surface area contributed by atoms with Gasteiger partial charge in [-0.2, -0.15) is 4.98 Å². The maximum Gasteiger partial charge on any atom is 0.240 e. The molecule has 2 aromatic rings. The zero-order valence-corrected chi connectivity index (χ0v) is 11.5. The summed E-state index contributed by atoms with van der Waals surface area (Å²) in [5.74, 6) is 7.42. The summed E-state index contributed by atoms with van der Waals surface area (Å²) >= 11 is 0. The molecule has 0 aliphatic rings. The molecule has 19 heavy (non-hydrogen) atoms. The summed E-state index contributed by atoms with van der Waals surface area (Å²) in [5, 5.41) is 6.80. The van der Waals surface area contributed by atoms with Gasteiger partial charge in [0.25, 0.3) is 0 Å². The van der Waals surface area contributed by atoms with Gasteiger partial charge in [-0.05, 0) is 6.92 Å². The predicted molar refractivity (Wildman–Crippen MR) is 71.9 cm³/mol. The Hall–Kier alpha value is -2.15. The Kier molecular flexibility index (Phi) is 3.39. The zero-order valence-electron chi connectivity index (χ0n) is 11.5. The second-order valence-corrected chi connectivity index (χ2v) is 5.30. The van der Waals surface area contributed by atoms with Crippen molar-refractivity contribution < 1.29 is 4.74 Å². The number of anilines is 1. The minimum atomic E-state index is -0.202. The van der Waals surface area contributed by atoms with Crippen LogP contribution in [0.3, 0.4) is 0 Å². The molecule has 0 atom stereocenters. The van der Waals surface area contributed by atoms with Gasteiger partial charge in [-0.1, -0.05) is 20.8 Å². The van der Waals surface area contributed by atoms with Crippen molar-refractivity contribution in [3.05, 3.63) is 23.7 Å². The molecule has 2 aromatic heterocycles. The van der Waals surface area contributed by atoms with Gasteiger partial charge in [-0.15, -0.1) is 5.10 Å². The first kappa shape index (κ1) is 13.3. The van der Waals surface area contributed by atoms with Crippen LogP contribution < -0.4 is 16.0 Å². The second-order valence-electron chi connectivity index (χ2n) is 5.30. The van der Waals surface area contributed by atoms with Gasteiger partial charge >= 0.3 is 0 Å². The van der Waals surface area contributed by atoms with Gasteiger partial charge in [0.15, 0.2) is 0 Å². The van der Waals surface area contributed by atoms with Crippen molar-refractivity contribution in [3.8, 4) is 11.8 Å². The lowest BCUT2D eigenvalue weighted by Crippen LogP contribution is -2.19. The fourth-order valence-corrected chi connectivity index (χ4v) is 1.44. The van der Waals surface area contributed by atoms with Crippen LogP contribution in [0.4, 0.5) is 5.82 Å². The predicted octanol–water partition coefficient (Wildman–Crippen LogP) is 1.88. The van der Waals surface area contributed by atoms with E-state index in [0.717, 1.165) is 5.69 Å². The highest BCUT2D eigenvalue weighted by atomic mass is 16.5. The highest BCUT2D eigenvalue weighted by Gasteiger charge is 2.20. The van der Waals surface area contributed by atoms with Crippen LogP contribution in [-0.4, -0.2) is 20.2 Å². The summed E-state index contributed by atoms with van der Waals surface area (Å²) in [6, 6.07) is 3.41. The first-order valence-electron chi connectivity index (χ1n) is 5.94. The third-order valence-corrected chi connectivity index (χ3v) is 2.41. The Morgan fingerprint density at radius 3 is 2.47 bits per heavy atom. The molecule has 2 rings (SSSR count). The summed E-state index contributed by atoms with van der Waals surface area (Å²) in [7, 11) is 0.